The molecule has 2 heterocycles. The Hall–Kier alpha value is -3.56. The number of ketones is 1. The molecule has 1 amide bonds. The lowest BCUT2D eigenvalue weighted by atomic mass is 9.60. The van der Waals surface area contributed by atoms with Crippen LogP contribution in [0.1, 0.15) is 50.3 Å². The Morgan fingerprint density at radius 3 is 2.46 bits per heavy atom. The topological polar surface area (TPSA) is 99.2 Å². The lowest BCUT2D eigenvalue weighted by molar-refractivity contribution is -0.123. The second kappa shape index (κ2) is 7.73. The van der Waals surface area contributed by atoms with Gasteiger partial charge in [0, 0.05) is 34.0 Å². The molecule has 0 fully saturated rings. The van der Waals surface area contributed by atoms with E-state index in [-0.39, 0.29) is 29.0 Å². The first-order valence-electron chi connectivity index (χ1n) is 11.7. The molecule has 3 aliphatic rings. The van der Waals surface area contributed by atoms with Crippen molar-refractivity contribution >= 4 is 34.7 Å². The largest absolute Gasteiger partial charge is 0.384 e. The third kappa shape index (κ3) is 3.08. The molecule has 0 aromatic heterocycles. The lowest BCUT2D eigenvalue weighted by Gasteiger charge is -2.46. The van der Waals surface area contributed by atoms with Gasteiger partial charge >= 0.3 is 0 Å². The molecule has 1 atom stereocenters. The number of anilines is 2. The molecule has 35 heavy (non-hydrogen) atoms. The molecule has 0 radical (unpaired) electrons. The summed E-state index contributed by atoms with van der Waals surface area (Å²) in [5.41, 5.74) is 9.56. The number of nitrogens with one attached hydrogen (secondary N) is 1. The maximum Gasteiger partial charge on any atom is 0.245 e. The number of Topliss-reactive ketones (excluding diaryl/α,β-unsaturated/α-hetero) is 1. The zero-order valence-electron chi connectivity index (χ0n) is 20.3. The maximum absolute atomic E-state index is 13.9. The van der Waals surface area contributed by atoms with Crippen LogP contribution in [0.5, 0.6) is 0 Å². The number of nitriles is 1. The molecular formula is C28H27ClN4O2. The minimum absolute atomic E-state index is 0.0573. The lowest BCUT2D eigenvalue weighted by Crippen LogP contribution is -2.52. The fourth-order valence-corrected chi connectivity index (χ4v) is 5.94. The number of hydrogen-bond acceptors (Lipinski definition) is 5. The molecule has 0 bridgehead atoms. The number of hydrogen-bond donors (Lipinski definition) is 2. The van der Waals surface area contributed by atoms with Gasteiger partial charge in [-0.15, -0.1) is 0 Å². The zero-order valence-corrected chi connectivity index (χ0v) is 21.0. The van der Waals surface area contributed by atoms with Gasteiger partial charge in [-0.05, 0) is 54.5 Å². The van der Waals surface area contributed by atoms with Crippen LogP contribution in [0.4, 0.5) is 11.4 Å². The van der Waals surface area contributed by atoms with Crippen molar-refractivity contribution in [3.8, 4) is 6.07 Å². The van der Waals surface area contributed by atoms with Crippen molar-refractivity contribution in [2.75, 3.05) is 10.2 Å². The van der Waals surface area contributed by atoms with Crippen molar-refractivity contribution in [2.45, 2.75) is 52.4 Å². The van der Waals surface area contributed by atoms with Crippen LogP contribution in [0.15, 0.2) is 59.1 Å². The van der Waals surface area contributed by atoms with Gasteiger partial charge in [-0.3, -0.25) is 14.5 Å². The van der Waals surface area contributed by atoms with Crippen LogP contribution in [0.2, 0.25) is 5.02 Å². The van der Waals surface area contributed by atoms with Crippen LogP contribution in [-0.2, 0) is 21.4 Å². The van der Waals surface area contributed by atoms with Crippen molar-refractivity contribution < 1.29 is 9.59 Å². The average Bonchev–Trinajstić information content (AvgIpc) is 3.08. The minimum Gasteiger partial charge on any atom is -0.384 e. The SMILES string of the molecule is CCc1ccc(N2C(N)=C(C#N)[C@@]3(C(=O)Nc4c3ccc(Cl)c4C)C3=C2CC(C)(C)CC3=O)cc1. The van der Waals surface area contributed by atoms with Gasteiger partial charge in [-0.25, -0.2) is 0 Å². The van der Waals surface area contributed by atoms with Crippen LogP contribution in [-0.4, -0.2) is 11.7 Å². The Labute approximate surface area is 210 Å². The van der Waals surface area contributed by atoms with Crippen molar-refractivity contribution in [1.82, 2.24) is 0 Å². The highest BCUT2D eigenvalue weighted by atomic mass is 35.5. The second-order valence-electron chi connectivity index (χ2n) is 10.3. The van der Waals surface area contributed by atoms with E-state index in [2.05, 4.69) is 18.3 Å². The predicted molar refractivity (Wildman–Crippen MR) is 137 cm³/mol. The normalized spacial score (nSPS) is 22.8. The predicted octanol–water partition coefficient (Wildman–Crippen LogP) is 5.26. The third-order valence-electron chi connectivity index (χ3n) is 7.47. The molecular weight excluding hydrogens is 460 g/mol. The van der Waals surface area contributed by atoms with Crippen LogP contribution >= 0.6 is 11.6 Å². The van der Waals surface area contributed by atoms with E-state index in [0.717, 1.165) is 17.7 Å². The van der Waals surface area contributed by atoms with Crippen molar-refractivity contribution in [3.63, 3.8) is 0 Å². The molecule has 5 rings (SSSR count). The minimum atomic E-state index is -1.60. The number of carbonyl (C=O) groups is 2. The van der Waals surface area contributed by atoms with E-state index in [4.69, 9.17) is 17.3 Å². The summed E-state index contributed by atoms with van der Waals surface area (Å²) in [4.78, 5) is 29.6. The number of benzene rings is 2. The number of fused-ring (bicyclic) bond motifs is 3. The Kier molecular flexibility index (Phi) is 5.12. The first-order chi connectivity index (χ1) is 16.6. The molecule has 2 aromatic rings. The van der Waals surface area contributed by atoms with Crippen LogP contribution in [0.25, 0.3) is 0 Å². The molecule has 1 aliphatic carbocycles. The fourth-order valence-electron chi connectivity index (χ4n) is 5.78. The molecule has 7 heteroatoms. The van der Waals surface area contributed by atoms with Gasteiger partial charge in [0.05, 0.1) is 11.3 Å². The van der Waals surface area contributed by atoms with Crippen molar-refractivity contribution in [1.29, 1.82) is 5.26 Å². The molecule has 3 N–H and O–H groups in total. The average molecular weight is 487 g/mol. The van der Waals surface area contributed by atoms with Gasteiger partial charge in [-0.2, -0.15) is 5.26 Å². The van der Waals surface area contributed by atoms with Gasteiger partial charge in [0.1, 0.15) is 17.3 Å². The summed E-state index contributed by atoms with van der Waals surface area (Å²) < 4.78 is 0. The number of amides is 1. The number of halogens is 1. The van der Waals surface area contributed by atoms with E-state index in [0.29, 0.717) is 39.5 Å². The van der Waals surface area contributed by atoms with Gasteiger partial charge < -0.3 is 11.1 Å². The molecule has 6 nitrogen and oxygen atoms in total. The van der Waals surface area contributed by atoms with Gasteiger partial charge in [-0.1, -0.05) is 50.6 Å². The molecule has 2 aromatic carbocycles. The summed E-state index contributed by atoms with van der Waals surface area (Å²) in [6, 6.07) is 13.6. The Balaban J connectivity index is 1.88. The number of aryl methyl sites for hydroxylation is 1. The summed E-state index contributed by atoms with van der Waals surface area (Å²) in [5, 5.41) is 13.8. The number of nitrogens with zero attached hydrogens (tertiary/aromatic N) is 2. The number of allylic oxidation sites excluding steroid dienone is 1. The Bertz CT molecular complexity index is 1410. The van der Waals surface area contributed by atoms with Gasteiger partial charge in [0.25, 0.3) is 0 Å². The molecule has 1 spiro atoms. The highest BCUT2D eigenvalue weighted by molar-refractivity contribution is 6.32. The fraction of sp³-hybridized carbons (Fsp3) is 0.321. The summed E-state index contributed by atoms with van der Waals surface area (Å²) in [6.45, 7) is 7.96. The van der Waals surface area contributed by atoms with E-state index in [9.17, 15) is 14.9 Å². The van der Waals surface area contributed by atoms with E-state index < -0.39 is 11.3 Å². The van der Waals surface area contributed by atoms with Crippen LogP contribution in [0, 0.1) is 23.7 Å². The maximum atomic E-state index is 13.9. The second-order valence-corrected chi connectivity index (χ2v) is 10.7. The monoisotopic (exact) mass is 486 g/mol. The first kappa shape index (κ1) is 23.2. The highest BCUT2D eigenvalue weighted by Gasteiger charge is 2.61. The quantitative estimate of drug-likeness (QED) is 0.603. The van der Waals surface area contributed by atoms with Crippen LogP contribution < -0.4 is 16.0 Å². The molecule has 178 valence electrons. The van der Waals surface area contributed by atoms with Gasteiger partial charge in [0.15, 0.2) is 5.78 Å². The zero-order chi connectivity index (χ0) is 25.3. The number of rotatable bonds is 2. The molecule has 0 saturated carbocycles. The highest BCUT2D eigenvalue weighted by Crippen LogP contribution is 2.57. The van der Waals surface area contributed by atoms with E-state index in [1.54, 1.807) is 17.0 Å². The summed E-state index contributed by atoms with van der Waals surface area (Å²) >= 11 is 6.36. The van der Waals surface area contributed by atoms with Crippen LogP contribution in [0.3, 0.4) is 0 Å². The van der Waals surface area contributed by atoms with E-state index in [1.165, 1.54) is 0 Å². The summed E-state index contributed by atoms with van der Waals surface area (Å²) in [5.74, 6) is -0.433. The Morgan fingerprint density at radius 2 is 1.83 bits per heavy atom. The number of carbonyl (C=O) groups excluding carboxylic acids is 2. The summed E-state index contributed by atoms with van der Waals surface area (Å²) in [7, 11) is 0. The van der Waals surface area contributed by atoms with E-state index in [1.807, 2.05) is 45.0 Å². The van der Waals surface area contributed by atoms with Gasteiger partial charge in [0.2, 0.25) is 5.91 Å². The number of nitrogens with two attached hydrogens (primary N) is 1. The third-order valence-corrected chi connectivity index (χ3v) is 7.88. The Morgan fingerprint density at radius 1 is 1.14 bits per heavy atom. The first-order valence-corrected chi connectivity index (χ1v) is 12.1. The molecule has 0 saturated heterocycles. The standard InChI is InChI=1S/C28H27ClN4O2/c1-5-16-6-8-17(9-7-16)33-21-12-27(3,4)13-22(34)23(21)28(19(14-30)25(33)31)18-10-11-20(29)15(2)24(18)32-26(28)35/h6-11H,5,12-13,31H2,1-4H3,(H,32,35)/t28-/m1/s1. The smallest absolute Gasteiger partial charge is 0.245 e. The molecule has 0 unspecified atom stereocenters. The van der Waals surface area contributed by atoms with Crippen molar-refractivity contribution in [3.05, 3.63) is 80.8 Å². The summed E-state index contributed by atoms with van der Waals surface area (Å²) in [6.07, 6.45) is 1.68. The molecule has 2 aliphatic heterocycles. The van der Waals surface area contributed by atoms with Crippen molar-refractivity contribution in [2.24, 2.45) is 11.1 Å². The van der Waals surface area contributed by atoms with E-state index >= 15 is 0 Å².